The molecule has 13 rings (SSSR count). The average molecular weight is 849 g/mol. The summed E-state index contributed by atoms with van der Waals surface area (Å²) in [6.07, 6.45) is 0. The summed E-state index contributed by atoms with van der Waals surface area (Å²) in [7, 11) is 0. The zero-order valence-electron chi connectivity index (χ0n) is 34.9. The van der Waals surface area contributed by atoms with E-state index in [9.17, 15) is 0 Å². The second kappa shape index (κ2) is 15.1. The van der Waals surface area contributed by atoms with Crippen LogP contribution in [0, 0.1) is 0 Å². The summed E-state index contributed by atoms with van der Waals surface area (Å²) in [5.74, 6) is 2.67. The predicted octanol–water partition coefficient (Wildman–Crippen LogP) is 15.0. The summed E-state index contributed by atoms with van der Waals surface area (Å²) in [4.78, 5) is 21.5. The first-order valence-electron chi connectivity index (χ1n) is 21.7. The van der Waals surface area contributed by atoms with E-state index < -0.39 is 0 Å². The molecular weight excluding hydrogens is 813 g/mol. The molecule has 0 fully saturated rings. The van der Waals surface area contributed by atoms with Crippen LogP contribution in [0.1, 0.15) is 0 Å². The second-order valence-electron chi connectivity index (χ2n) is 16.2. The van der Waals surface area contributed by atoms with Gasteiger partial charge in [-0.3, -0.25) is 9.13 Å². The fraction of sp³-hybridized carbons (Fsp3) is 0. The zero-order chi connectivity index (χ0) is 42.8. The van der Waals surface area contributed by atoms with E-state index in [1.165, 1.54) is 0 Å². The molecule has 65 heavy (non-hydrogen) atoms. The smallest absolute Gasteiger partial charge is 0.238 e. The topological polar surface area (TPSA) is 61.4 Å². The number of imidazole rings is 1. The number of benzene rings is 9. The van der Waals surface area contributed by atoms with E-state index in [4.69, 9.17) is 19.9 Å². The van der Waals surface area contributed by atoms with Crippen molar-refractivity contribution in [1.29, 1.82) is 0 Å². The number of fused-ring (bicyclic) bond motifs is 7. The van der Waals surface area contributed by atoms with E-state index in [-0.39, 0.29) is 0 Å². The van der Waals surface area contributed by atoms with Gasteiger partial charge in [0.2, 0.25) is 5.95 Å². The fourth-order valence-electron chi connectivity index (χ4n) is 9.45. The Hall–Kier alpha value is -8.52. The highest BCUT2D eigenvalue weighted by Gasteiger charge is 2.25. The number of para-hydroxylation sites is 4. The lowest BCUT2D eigenvalue weighted by Gasteiger charge is -2.14. The normalized spacial score (nSPS) is 11.7. The lowest BCUT2D eigenvalue weighted by atomic mass is 9.96. The Balaban J connectivity index is 1.09. The average Bonchev–Trinajstić information content (AvgIpc) is 4.07. The van der Waals surface area contributed by atoms with E-state index in [2.05, 4.69) is 209 Å². The maximum absolute atomic E-state index is 5.45. The SMILES string of the molecule is c1ccc(-c2ccc3c4ccccc4n(-c4nc(-c5ccccc5)nc(-c5cccc6c5sc5c(-c7nc8ccccc8n7-c7ccccc7)c(-c7ccccc7)ccc56)n4)c3c2)cc1. The van der Waals surface area contributed by atoms with Crippen molar-refractivity contribution < 1.29 is 0 Å². The van der Waals surface area contributed by atoms with Gasteiger partial charge < -0.3 is 0 Å². The third-order valence-corrected chi connectivity index (χ3v) is 13.7. The molecule has 0 unspecified atom stereocenters. The molecule has 0 aliphatic heterocycles. The van der Waals surface area contributed by atoms with Crippen LogP contribution in [-0.2, 0) is 0 Å². The Labute approximate surface area is 378 Å². The molecule has 13 aromatic rings. The summed E-state index contributed by atoms with van der Waals surface area (Å²) in [5, 5.41) is 4.57. The van der Waals surface area contributed by atoms with Crippen LogP contribution in [0.3, 0.4) is 0 Å². The summed E-state index contributed by atoms with van der Waals surface area (Å²) in [6.45, 7) is 0. The van der Waals surface area contributed by atoms with Crippen molar-refractivity contribution in [2.75, 3.05) is 0 Å². The maximum atomic E-state index is 5.45. The highest BCUT2D eigenvalue weighted by molar-refractivity contribution is 7.27. The van der Waals surface area contributed by atoms with Gasteiger partial charge in [0, 0.05) is 53.3 Å². The summed E-state index contributed by atoms with van der Waals surface area (Å²) in [5.41, 5.74) is 12.6. The van der Waals surface area contributed by atoms with Crippen LogP contribution in [0.2, 0.25) is 0 Å². The third kappa shape index (κ3) is 6.09. The predicted molar refractivity (Wildman–Crippen MR) is 269 cm³/mol. The van der Waals surface area contributed by atoms with Crippen molar-refractivity contribution in [3.8, 4) is 68.1 Å². The van der Waals surface area contributed by atoms with Gasteiger partial charge in [0.15, 0.2) is 11.6 Å². The quantitative estimate of drug-likeness (QED) is 0.160. The van der Waals surface area contributed by atoms with Gasteiger partial charge in [0.05, 0.1) is 22.1 Å². The molecule has 0 N–H and O–H groups in total. The molecular formula is C58H36N6S. The van der Waals surface area contributed by atoms with Crippen LogP contribution in [0.4, 0.5) is 0 Å². The van der Waals surface area contributed by atoms with Gasteiger partial charge in [-0.15, -0.1) is 11.3 Å². The fourth-order valence-corrected chi connectivity index (χ4v) is 10.8. The summed E-state index contributed by atoms with van der Waals surface area (Å²) >= 11 is 1.78. The third-order valence-electron chi connectivity index (χ3n) is 12.4. The van der Waals surface area contributed by atoms with Gasteiger partial charge in [-0.25, -0.2) is 9.97 Å². The van der Waals surface area contributed by atoms with Crippen molar-refractivity contribution in [2.45, 2.75) is 0 Å². The number of nitrogens with zero attached hydrogens (tertiary/aromatic N) is 6. The number of aromatic nitrogens is 6. The van der Waals surface area contributed by atoms with Crippen LogP contribution < -0.4 is 0 Å². The van der Waals surface area contributed by atoms with Crippen molar-refractivity contribution in [1.82, 2.24) is 29.1 Å². The first kappa shape index (κ1) is 37.1. The van der Waals surface area contributed by atoms with E-state index in [1.807, 2.05) is 18.2 Å². The van der Waals surface area contributed by atoms with E-state index >= 15 is 0 Å². The first-order chi connectivity index (χ1) is 32.2. The van der Waals surface area contributed by atoms with Gasteiger partial charge in [-0.1, -0.05) is 176 Å². The molecule has 0 radical (unpaired) electrons. The molecule has 0 spiro atoms. The van der Waals surface area contributed by atoms with Crippen LogP contribution >= 0.6 is 11.3 Å². The van der Waals surface area contributed by atoms with Gasteiger partial charge in [0.1, 0.15) is 5.82 Å². The largest absolute Gasteiger partial charge is 0.292 e. The standard InChI is InChI=1S/C58H36N6S/c1-5-18-37(19-6-1)40-32-33-44-43-26-13-15-30-49(43)64(51(44)36-40)58-61-55(39-22-9-3-10-23-39)60-56(62-58)47-28-17-27-45-46-35-34-42(38-20-7-2-8-21-38)52(54(46)65-53(45)47)57-59-48-29-14-16-31-50(48)63(57)41-24-11-4-12-25-41/h1-36H. The molecule has 0 saturated heterocycles. The van der Waals surface area contributed by atoms with Gasteiger partial charge >= 0.3 is 0 Å². The Morgan fingerprint density at radius 2 is 0.938 bits per heavy atom. The first-order valence-corrected chi connectivity index (χ1v) is 22.5. The summed E-state index contributed by atoms with van der Waals surface area (Å²) in [6, 6.07) is 76.6. The van der Waals surface area contributed by atoms with E-state index in [1.54, 1.807) is 11.3 Å². The molecule has 0 saturated carbocycles. The molecule has 0 aliphatic rings. The molecule has 7 heteroatoms. The second-order valence-corrected chi connectivity index (χ2v) is 17.2. The lowest BCUT2D eigenvalue weighted by Crippen LogP contribution is -2.06. The molecule has 4 aromatic heterocycles. The molecule has 0 aliphatic carbocycles. The highest BCUT2D eigenvalue weighted by Crippen LogP contribution is 2.48. The Bertz CT molecular complexity index is 3930. The number of thiophene rings is 1. The Kier molecular flexibility index (Phi) is 8.60. The van der Waals surface area contributed by atoms with Crippen molar-refractivity contribution in [3.63, 3.8) is 0 Å². The number of hydrogen-bond donors (Lipinski definition) is 0. The van der Waals surface area contributed by atoms with Gasteiger partial charge in [-0.2, -0.15) is 9.97 Å². The van der Waals surface area contributed by atoms with Gasteiger partial charge in [0.25, 0.3) is 0 Å². The summed E-state index contributed by atoms with van der Waals surface area (Å²) < 4.78 is 6.76. The van der Waals surface area contributed by atoms with Gasteiger partial charge in [-0.05, 0) is 64.7 Å². The van der Waals surface area contributed by atoms with Crippen molar-refractivity contribution in [3.05, 3.63) is 218 Å². The minimum Gasteiger partial charge on any atom is -0.292 e. The van der Waals surface area contributed by atoms with Crippen molar-refractivity contribution in [2.24, 2.45) is 0 Å². The minimum atomic E-state index is 0.562. The Morgan fingerprint density at radius 1 is 0.338 bits per heavy atom. The molecule has 0 amide bonds. The molecule has 0 atom stereocenters. The minimum absolute atomic E-state index is 0.562. The molecule has 4 heterocycles. The monoisotopic (exact) mass is 848 g/mol. The maximum Gasteiger partial charge on any atom is 0.238 e. The van der Waals surface area contributed by atoms with Crippen LogP contribution in [0.25, 0.3) is 121 Å². The van der Waals surface area contributed by atoms with Crippen LogP contribution in [-0.4, -0.2) is 29.1 Å². The van der Waals surface area contributed by atoms with E-state index in [0.717, 1.165) is 103 Å². The Morgan fingerprint density at radius 3 is 1.72 bits per heavy atom. The number of rotatable bonds is 7. The highest BCUT2D eigenvalue weighted by atomic mass is 32.1. The van der Waals surface area contributed by atoms with Crippen molar-refractivity contribution >= 4 is 64.3 Å². The lowest BCUT2D eigenvalue weighted by molar-refractivity contribution is 0.954. The molecule has 6 nitrogen and oxygen atoms in total. The van der Waals surface area contributed by atoms with Crippen LogP contribution in [0.15, 0.2) is 218 Å². The molecule has 304 valence electrons. The number of hydrogen-bond acceptors (Lipinski definition) is 5. The van der Waals surface area contributed by atoms with E-state index in [0.29, 0.717) is 17.6 Å². The van der Waals surface area contributed by atoms with Crippen LogP contribution in [0.5, 0.6) is 0 Å². The molecule has 0 bridgehead atoms. The zero-order valence-corrected chi connectivity index (χ0v) is 35.7. The molecule has 9 aromatic carbocycles.